The van der Waals surface area contributed by atoms with Crippen LogP contribution >= 0.6 is 15.9 Å². The van der Waals surface area contributed by atoms with Crippen molar-refractivity contribution in [2.75, 3.05) is 25.1 Å². The lowest BCUT2D eigenvalue weighted by Gasteiger charge is -2.17. The lowest BCUT2D eigenvalue weighted by atomic mass is 9.89. The van der Waals surface area contributed by atoms with E-state index >= 15 is 0 Å². The fourth-order valence-electron chi connectivity index (χ4n) is 2.38. The van der Waals surface area contributed by atoms with Crippen molar-refractivity contribution in [1.82, 2.24) is 5.32 Å². The number of hydrogen-bond acceptors (Lipinski definition) is 3. The van der Waals surface area contributed by atoms with Gasteiger partial charge in [0, 0.05) is 18.5 Å². The maximum absolute atomic E-state index is 12.1. The summed E-state index contributed by atoms with van der Waals surface area (Å²) in [5.74, 6) is 0.368. The van der Waals surface area contributed by atoms with E-state index < -0.39 is 0 Å². The number of alkyl halides is 1. The van der Waals surface area contributed by atoms with Gasteiger partial charge in [-0.25, -0.2) is 0 Å². The molecule has 0 bridgehead atoms. The lowest BCUT2D eigenvalue weighted by Crippen LogP contribution is -2.38. The molecule has 4 unspecified atom stereocenters. The first-order valence-corrected chi connectivity index (χ1v) is 7.77. The fraction of sp³-hybridized carbons (Fsp3) is 0.923. The highest BCUT2D eigenvalue weighted by Gasteiger charge is 2.41. The lowest BCUT2D eigenvalue weighted by molar-refractivity contribution is -0.127. The van der Waals surface area contributed by atoms with Crippen molar-refractivity contribution < 1.29 is 14.3 Å². The zero-order valence-corrected chi connectivity index (χ0v) is 13.0. The molecule has 0 aromatic heterocycles. The largest absolute Gasteiger partial charge is 0.381 e. The average Bonchev–Trinajstić information content (AvgIpc) is 2.58. The Hall–Kier alpha value is -0.130. The highest BCUT2D eigenvalue weighted by Crippen LogP contribution is 2.32. The molecule has 1 aliphatic rings. The SMILES string of the molecule is CC1OC(C)C(C(=O)NCCCOCCBr)C1C. The van der Waals surface area contributed by atoms with E-state index in [1.165, 1.54) is 0 Å². The van der Waals surface area contributed by atoms with Gasteiger partial charge in [0.05, 0.1) is 24.7 Å². The van der Waals surface area contributed by atoms with Crippen LogP contribution < -0.4 is 5.32 Å². The molecule has 0 radical (unpaired) electrons. The molecular weight excluding hydrogens is 298 g/mol. The van der Waals surface area contributed by atoms with Crippen LogP contribution in [0.2, 0.25) is 0 Å². The van der Waals surface area contributed by atoms with Crippen molar-refractivity contribution in [2.45, 2.75) is 39.4 Å². The van der Waals surface area contributed by atoms with Crippen LogP contribution in [0.25, 0.3) is 0 Å². The number of amides is 1. The molecule has 0 aromatic rings. The summed E-state index contributed by atoms with van der Waals surface area (Å²) in [5.41, 5.74) is 0. The van der Waals surface area contributed by atoms with Gasteiger partial charge in [0.15, 0.2) is 0 Å². The third-order valence-electron chi connectivity index (χ3n) is 3.53. The summed E-state index contributed by atoms with van der Waals surface area (Å²) in [4.78, 5) is 12.1. The van der Waals surface area contributed by atoms with E-state index in [4.69, 9.17) is 9.47 Å². The Kier molecular flexibility index (Phi) is 7.19. The molecule has 1 saturated heterocycles. The van der Waals surface area contributed by atoms with Crippen molar-refractivity contribution in [3.8, 4) is 0 Å². The molecule has 4 nitrogen and oxygen atoms in total. The summed E-state index contributed by atoms with van der Waals surface area (Å²) in [7, 11) is 0. The van der Waals surface area contributed by atoms with E-state index in [2.05, 4.69) is 28.2 Å². The predicted molar refractivity (Wildman–Crippen MR) is 74.9 cm³/mol. The molecule has 0 spiro atoms. The van der Waals surface area contributed by atoms with Crippen LogP contribution in [-0.2, 0) is 14.3 Å². The van der Waals surface area contributed by atoms with Crippen molar-refractivity contribution in [1.29, 1.82) is 0 Å². The van der Waals surface area contributed by atoms with E-state index in [0.717, 1.165) is 18.4 Å². The standard InChI is InChI=1S/C13H24BrNO3/c1-9-10(2)18-11(3)12(9)13(16)15-6-4-7-17-8-5-14/h9-12H,4-8H2,1-3H3,(H,15,16). The van der Waals surface area contributed by atoms with Crippen LogP contribution in [0.3, 0.4) is 0 Å². The first kappa shape index (κ1) is 15.9. The van der Waals surface area contributed by atoms with Crippen LogP contribution in [0.5, 0.6) is 0 Å². The second-order valence-electron chi connectivity index (χ2n) is 4.88. The van der Waals surface area contributed by atoms with Crippen molar-refractivity contribution in [3.63, 3.8) is 0 Å². The van der Waals surface area contributed by atoms with Gasteiger partial charge in [-0.05, 0) is 26.2 Å². The number of carbonyl (C=O) groups excluding carboxylic acids is 1. The zero-order chi connectivity index (χ0) is 13.5. The van der Waals surface area contributed by atoms with Crippen molar-refractivity contribution in [3.05, 3.63) is 0 Å². The Morgan fingerprint density at radius 3 is 2.56 bits per heavy atom. The molecule has 5 heteroatoms. The minimum atomic E-state index is -0.0246. The smallest absolute Gasteiger partial charge is 0.226 e. The summed E-state index contributed by atoms with van der Waals surface area (Å²) in [6.45, 7) is 8.17. The van der Waals surface area contributed by atoms with Gasteiger partial charge in [0.25, 0.3) is 0 Å². The Labute approximate surface area is 118 Å². The molecule has 0 saturated carbocycles. The van der Waals surface area contributed by atoms with Crippen LogP contribution in [-0.4, -0.2) is 43.2 Å². The molecule has 1 heterocycles. The molecule has 18 heavy (non-hydrogen) atoms. The number of hydrogen-bond donors (Lipinski definition) is 1. The second kappa shape index (κ2) is 8.12. The van der Waals surface area contributed by atoms with Gasteiger partial charge < -0.3 is 14.8 Å². The maximum atomic E-state index is 12.1. The van der Waals surface area contributed by atoms with E-state index in [1.54, 1.807) is 0 Å². The molecule has 1 N–H and O–H groups in total. The summed E-state index contributed by atoms with van der Waals surface area (Å²) >= 11 is 3.30. The monoisotopic (exact) mass is 321 g/mol. The quantitative estimate of drug-likeness (QED) is 0.576. The summed E-state index contributed by atoms with van der Waals surface area (Å²) < 4.78 is 11.0. The molecule has 106 valence electrons. The topological polar surface area (TPSA) is 47.6 Å². The average molecular weight is 322 g/mol. The molecule has 1 fully saturated rings. The van der Waals surface area contributed by atoms with E-state index in [-0.39, 0.29) is 30.0 Å². The van der Waals surface area contributed by atoms with Crippen LogP contribution in [0.4, 0.5) is 0 Å². The highest BCUT2D eigenvalue weighted by atomic mass is 79.9. The molecular formula is C13H24BrNO3. The molecule has 1 amide bonds. The van der Waals surface area contributed by atoms with Gasteiger partial charge in [-0.2, -0.15) is 0 Å². The first-order chi connectivity index (χ1) is 8.57. The van der Waals surface area contributed by atoms with E-state index in [0.29, 0.717) is 13.2 Å². The molecule has 0 aliphatic carbocycles. The van der Waals surface area contributed by atoms with Gasteiger partial charge in [-0.3, -0.25) is 4.79 Å². The third kappa shape index (κ3) is 4.52. The molecule has 4 atom stereocenters. The Morgan fingerprint density at radius 2 is 2.00 bits per heavy atom. The number of halogens is 1. The summed E-state index contributed by atoms with van der Waals surface area (Å²) in [5, 5.41) is 3.83. The first-order valence-electron chi connectivity index (χ1n) is 6.64. The van der Waals surface area contributed by atoms with E-state index in [1.807, 2.05) is 13.8 Å². The number of nitrogens with one attached hydrogen (secondary N) is 1. The third-order valence-corrected chi connectivity index (χ3v) is 3.85. The molecule has 1 aliphatic heterocycles. The van der Waals surface area contributed by atoms with E-state index in [9.17, 15) is 4.79 Å². The van der Waals surface area contributed by atoms with Gasteiger partial charge in [-0.1, -0.05) is 22.9 Å². The summed E-state index contributed by atoms with van der Waals surface area (Å²) in [6.07, 6.45) is 1.03. The van der Waals surface area contributed by atoms with Crippen molar-refractivity contribution >= 4 is 21.8 Å². The predicted octanol–water partition coefficient (Wildman–Crippen LogP) is 1.96. The summed E-state index contributed by atoms with van der Waals surface area (Å²) in [6, 6.07) is 0. The highest BCUT2D eigenvalue weighted by molar-refractivity contribution is 9.09. The van der Waals surface area contributed by atoms with Crippen LogP contribution in [0, 0.1) is 11.8 Å². The van der Waals surface area contributed by atoms with Gasteiger partial charge >= 0.3 is 0 Å². The van der Waals surface area contributed by atoms with Crippen molar-refractivity contribution in [2.24, 2.45) is 11.8 Å². The Bertz CT molecular complexity index is 263. The van der Waals surface area contributed by atoms with Crippen LogP contribution in [0.1, 0.15) is 27.2 Å². The normalized spacial score (nSPS) is 31.6. The van der Waals surface area contributed by atoms with Gasteiger partial charge in [0.1, 0.15) is 0 Å². The zero-order valence-electron chi connectivity index (χ0n) is 11.4. The number of ether oxygens (including phenoxy) is 2. The molecule has 1 rings (SSSR count). The second-order valence-corrected chi connectivity index (χ2v) is 5.67. The Morgan fingerprint density at radius 1 is 1.28 bits per heavy atom. The van der Waals surface area contributed by atoms with Crippen LogP contribution in [0.15, 0.2) is 0 Å². The van der Waals surface area contributed by atoms with Gasteiger partial charge in [-0.15, -0.1) is 0 Å². The molecule has 0 aromatic carbocycles. The minimum Gasteiger partial charge on any atom is -0.381 e. The van der Waals surface area contributed by atoms with Gasteiger partial charge in [0.2, 0.25) is 5.91 Å². The fourth-order valence-corrected chi connectivity index (χ4v) is 2.61. The Balaban J connectivity index is 2.20. The number of carbonyl (C=O) groups is 1. The number of rotatable bonds is 7. The maximum Gasteiger partial charge on any atom is 0.226 e. The minimum absolute atomic E-state index is 0.0136.